The average molecular weight is 378 g/mol. The van der Waals surface area contributed by atoms with Crippen molar-refractivity contribution in [2.24, 2.45) is 5.92 Å². The SMILES string of the molecule is CNc1cc(C(=O)N2C[C@@H](c3cccc(O)c3)[C@@H]3[C@H]2C2CCN3CC2)ccn1. The molecule has 146 valence electrons. The second kappa shape index (κ2) is 6.78. The van der Waals surface area contributed by atoms with Crippen LogP contribution in [0.15, 0.2) is 42.6 Å². The lowest BCUT2D eigenvalue weighted by molar-refractivity contribution is -0.00341. The van der Waals surface area contributed by atoms with Crippen LogP contribution in [-0.4, -0.2) is 64.6 Å². The molecule has 6 nitrogen and oxygen atoms in total. The minimum Gasteiger partial charge on any atom is -0.508 e. The van der Waals surface area contributed by atoms with Crippen molar-refractivity contribution in [2.75, 3.05) is 32.0 Å². The number of nitrogens with one attached hydrogen (secondary N) is 1. The van der Waals surface area contributed by atoms with Crippen LogP contribution in [0.5, 0.6) is 5.75 Å². The van der Waals surface area contributed by atoms with E-state index in [0.717, 1.165) is 31.5 Å². The molecule has 3 atom stereocenters. The monoisotopic (exact) mass is 378 g/mol. The van der Waals surface area contributed by atoms with Crippen molar-refractivity contribution < 1.29 is 9.90 Å². The second-order valence-electron chi connectivity index (χ2n) is 8.19. The largest absolute Gasteiger partial charge is 0.508 e. The lowest BCUT2D eigenvalue weighted by Crippen LogP contribution is -2.60. The molecule has 4 saturated heterocycles. The summed E-state index contributed by atoms with van der Waals surface area (Å²) >= 11 is 0. The van der Waals surface area contributed by atoms with Crippen molar-refractivity contribution >= 4 is 11.7 Å². The maximum atomic E-state index is 13.5. The fourth-order valence-corrected chi connectivity index (χ4v) is 5.57. The Hall–Kier alpha value is -2.60. The molecule has 6 heteroatoms. The number of carbonyl (C=O) groups is 1. The Morgan fingerprint density at radius 3 is 2.75 bits per heavy atom. The molecule has 0 spiro atoms. The van der Waals surface area contributed by atoms with Crippen LogP contribution in [0.4, 0.5) is 5.82 Å². The highest BCUT2D eigenvalue weighted by atomic mass is 16.3. The first-order valence-electron chi connectivity index (χ1n) is 10.1. The summed E-state index contributed by atoms with van der Waals surface area (Å²) in [4.78, 5) is 22.4. The van der Waals surface area contributed by atoms with Crippen LogP contribution < -0.4 is 5.32 Å². The molecule has 0 unspecified atom stereocenters. The summed E-state index contributed by atoms with van der Waals surface area (Å²) in [5.41, 5.74) is 1.81. The normalized spacial score (nSPS) is 30.9. The Labute approximate surface area is 165 Å². The zero-order chi connectivity index (χ0) is 19.3. The van der Waals surface area contributed by atoms with Crippen LogP contribution in [0.2, 0.25) is 0 Å². The number of hydrogen-bond acceptors (Lipinski definition) is 5. The number of aromatic nitrogens is 1. The third-order valence-corrected chi connectivity index (χ3v) is 6.82. The average Bonchev–Trinajstić information content (AvgIpc) is 3.17. The molecule has 5 heterocycles. The van der Waals surface area contributed by atoms with Gasteiger partial charge in [-0.05, 0) is 61.7 Å². The molecule has 2 aromatic rings. The van der Waals surface area contributed by atoms with Crippen molar-refractivity contribution in [3.63, 3.8) is 0 Å². The minimum absolute atomic E-state index is 0.0882. The van der Waals surface area contributed by atoms with E-state index < -0.39 is 0 Å². The van der Waals surface area contributed by atoms with Crippen molar-refractivity contribution in [3.05, 3.63) is 53.7 Å². The minimum atomic E-state index is 0.0882. The van der Waals surface area contributed by atoms with Gasteiger partial charge in [-0.3, -0.25) is 9.69 Å². The van der Waals surface area contributed by atoms with Gasteiger partial charge in [-0.2, -0.15) is 0 Å². The van der Waals surface area contributed by atoms with E-state index >= 15 is 0 Å². The van der Waals surface area contributed by atoms with E-state index in [-0.39, 0.29) is 17.9 Å². The van der Waals surface area contributed by atoms with E-state index in [1.807, 2.05) is 25.2 Å². The van der Waals surface area contributed by atoms with Crippen LogP contribution in [0.1, 0.15) is 34.7 Å². The van der Waals surface area contributed by atoms with Gasteiger partial charge in [0.25, 0.3) is 5.91 Å². The highest BCUT2D eigenvalue weighted by Crippen LogP contribution is 2.47. The Morgan fingerprint density at radius 2 is 2.00 bits per heavy atom. The van der Waals surface area contributed by atoms with Crippen molar-refractivity contribution in [3.8, 4) is 5.75 Å². The number of pyridine rings is 1. The molecule has 28 heavy (non-hydrogen) atoms. The van der Waals surface area contributed by atoms with Gasteiger partial charge in [0, 0.05) is 37.3 Å². The van der Waals surface area contributed by atoms with Gasteiger partial charge in [-0.15, -0.1) is 0 Å². The molecule has 4 aliphatic rings. The summed E-state index contributed by atoms with van der Waals surface area (Å²) in [6.07, 6.45) is 4.02. The Bertz CT molecular complexity index is 894. The van der Waals surface area contributed by atoms with E-state index in [9.17, 15) is 9.90 Å². The molecule has 4 fully saturated rings. The molecule has 0 saturated carbocycles. The smallest absolute Gasteiger partial charge is 0.254 e. The molecule has 2 bridgehead atoms. The number of nitrogens with zero attached hydrogens (tertiary/aromatic N) is 3. The Balaban J connectivity index is 1.52. The summed E-state index contributed by atoms with van der Waals surface area (Å²) < 4.78 is 0. The highest BCUT2D eigenvalue weighted by molar-refractivity contribution is 5.95. The van der Waals surface area contributed by atoms with E-state index in [0.29, 0.717) is 35.6 Å². The van der Waals surface area contributed by atoms with Gasteiger partial charge in [0.15, 0.2) is 0 Å². The van der Waals surface area contributed by atoms with E-state index in [4.69, 9.17) is 0 Å². The maximum absolute atomic E-state index is 13.5. The third-order valence-electron chi connectivity index (χ3n) is 6.82. The van der Waals surface area contributed by atoms with Crippen LogP contribution in [-0.2, 0) is 0 Å². The number of rotatable bonds is 3. The van der Waals surface area contributed by atoms with E-state index in [1.165, 1.54) is 0 Å². The molecule has 1 aromatic heterocycles. The summed E-state index contributed by atoms with van der Waals surface area (Å²) in [7, 11) is 1.81. The molecular weight excluding hydrogens is 352 g/mol. The number of amides is 1. The van der Waals surface area contributed by atoms with Crippen molar-refractivity contribution in [2.45, 2.75) is 30.8 Å². The fourth-order valence-electron chi connectivity index (χ4n) is 5.57. The maximum Gasteiger partial charge on any atom is 0.254 e. The molecule has 0 aliphatic carbocycles. The molecule has 6 rings (SSSR count). The van der Waals surface area contributed by atoms with Crippen LogP contribution >= 0.6 is 0 Å². The predicted molar refractivity (Wildman–Crippen MR) is 108 cm³/mol. The number of likely N-dealkylation sites (tertiary alicyclic amines) is 1. The molecular formula is C22H26N4O2. The van der Waals surface area contributed by atoms with Crippen molar-refractivity contribution in [1.82, 2.24) is 14.8 Å². The van der Waals surface area contributed by atoms with Gasteiger partial charge in [-0.25, -0.2) is 4.98 Å². The van der Waals surface area contributed by atoms with Gasteiger partial charge in [0.05, 0.1) is 6.04 Å². The van der Waals surface area contributed by atoms with Gasteiger partial charge in [0.1, 0.15) is 11.6 Å². The summed E-state index contributed by atoms with van der Waals surface area (Å²) in [6, 6.07) is 11.8. The second-order valence-corrected chi connectivity index (χ2v) is 8.19. The number of piperidine rings is 3. The Morgan fingerprint density at radius 1 is 1.18 bits per heavy atom. The number of phenols is 1. The topological polar surface area (TPSA) is 68.7 Å². The number of carbonyl (C=O) groups excluding carboxylic acids is 1. The Kier molecular flexibility index (Phi) is 4.23. The lowest BCUT2D eigenvalue weighted by Gasteiger charge is -2.51. The number of aromatic hydroxyl groups is 1. The molecule has 0 radical (unpaired) electrons. The zero-order valence-corrected chi connectivity index (χ0v) is 16.1. The highest BCUT2D eigenvalue weighted by Gasteiger charge is 2.54. The molecule has 4 aliphatic heterocycles. The summed E-state index contributed by atoms with van der Waals surface area (Å²) in [6.45, 7) is 2.92. The van der Waals surface area contributed by atoms with Crippen LogP contribution in [0, 0.1) is 5.92 Å². The van der Waals surface area contributed by atoms with Crippen molar-refractivity contribution in [1.29, 1.82) is 0 Å². The predicted octanol–water partition coefficient (Wildman–Crippen LogP) is 2.53. The number of benzene rings is 1. The summed E-state index contributed by atoms with van der Waals surface area (Å²) in [5.74, 6) is 1.88. The zero-order valence-electron chi connectivity index (χ0n) is 16.1. The molecule has 1 amide bonds. The van der Waals surface area contributed by atoms with E-state index in [2.05, 4.69) is 26.2 Å². The van der Waals surface area contributed by atoms with Gasteiger partial charge >= 0.3 is 0 Å². The number of anilines is 1. The molecule has 1 aromatic carbocycles. The lowest BCUT2D eigenvalue weighted by atomic mass is 9.75. The van der Waals surface area contributed by atoms with Gasteiger partial charge in [-0.1, -0.05) is 12.1 Å². The van der Waals surface area contributed by atoms with E-state index in [1.54, 1.807) is 18.3 Å². The first kappa shape index (κ1) is 17.5. The molecule has 2 N–H and O–H groups in total. The standard InChI is InChI=1S/C22H26N4O2/c1-23-19-12-16(5-8-24-19)22(28)26-13-18(15-3-2-4-17(27)11-15)21-20(26)14-6-9-25(21)10-7-14/h2-5,8,11-12,14,18,20-21,27H,6-7,9-10,13H2,1H3,(H,23,24)/t18-,20+,21+/m0/s1. The number of phenolic OH excluding ortho intramolecular Hbond substituents is 1. The van der Waals surface area contributed by atoms with Gasteiger partial charge in [0.2, 0.25) is 0 Å². The summed E-state index contributed by atoms with van der Waals surface area (Å²) in [5, 5.41) is 13.0. The van der Waals surface area contributed by atoms with Crippen LogP contribution in [0.3, 0.4) is 0 Å². The third kappa shape index (κ3) is 2.75. The van der Waals surface area contributed by atoms with Gasteiger partial charge < -0.3 is 15.3 Å². The number of fused-ring (bicyclic) bond motifs is 2. The first-order chi connectivity index (χ1) is 13.7. The van der Waals surface area contributed by atoms with Crippen LogP contribution in [0.25, 0.3) is 0 Å². The quantitative estimate of drug-likeness (QED) is 0.859. The number of hydrogen-bond donors (Lipinski definition) is 2. The fraction of sp³-hybridized carbons (Fsp3) is 0.455. The first-order valence-corrected chi connectivity index (χ1v) is 10.1.